The van der Waals surface area contributed by atoms with Gasteiger partial charge >= 0.3 is 0 Å². The molecule has 2 atom stereocenters. The van der Waals surface area contributed by atoms with Crippen molar-refractivity contribution in [2.45, 2.75) is 56.8 Å². The fourth-order valence-corrected chi connectivity index (χ4v) is 5.30. The van der Waals surface area contributed by atoms with Crippen molar-refractivity contribution < 1.29 is 28.9 Å². The number of fused-ring (bicyclic) bond motifs is 1. The van der Waals surface area contributed by atoms with Crippen LogP contribution in [0.5, 0.6) is 23.0 Å². The number of benzene rings is 3. The smallest absolute Gasteiger partial charge is 0.268 e. The molecule has 0 unspecified atom stereocenters. The molecule has 5 rings (SSSR count). The number of carbonyl (C=O) groups excluding carboxylic acids is 2. The summed E-state index contributed by atoms with van der Waals surface area (Å²) >= 11 is 0. The van der Waals surface area contributed by atoms with Gasteiger partial charge in [0.15, 0.2) is 11.5 Å². The van der Waals surface area contributed by atoms with Crippen molar-refractivity contribution in [2.75, 3.05) is 13.7 Å². The topological polar surface area (TPSA) is 97.3 Å². The highest BCUT2D eigenvalue weighted by Crippen LogP contribution is 2.34. The molecule has 1 fully saturated rings. The number of carbonyl (C=O) groups is 2. The maximum absolute atomic E-state index is 14.2. The summed E-state index contributed by atoms with van der Waals surface area (Å²) in [5.41, 5.74) is 1.33. The number of rotatable bonds is 8. The molecule has 2 amide bonds. The number of nitrogens with zero attached hydrogens (tertiary/aromatic N) is 1. The molecule has 1 aliphatic heterocycles. The van der Waals surface area contributed by atoms with Crippen LogP contribution >= 0.6 is 0 Å². The van der Waals surface area contributed by atoms with Crippen LogP contribution < -0.4 is 19.5 Å². The number of para-hydroxylation sites is 3. The lowest BCUT2D eigenvalue weighted by molar-refractivity contribution is -0.149. The maximum atomic E-state index is 14.2. The molecule has 8 nitrogen and oxygen atoms in total. The quantitative estimate of drug-likeness (QED) is 0.436. The Morgan fingerprint density at radius 1 is 0.974 bits per heavy atom. The summed E-state index contributed by atoms with van der Waals surface area (Å²) in [6.07, 6.45) is 4.15. The van der Waals surface area contributed by atoms with Gasteiger partial charge in [-0.1, -0.05) is 61.7 Å². The second-order valence-electron chi connectivity index (χ2n) is 9.98. The molecular formula is C31H34N2O6. The molecule has 0 saturated heterocycles. The van der Waals surface area contributed by atoms with Crippen molar-refractivity contribution in [3.63, 3.8) is 0 Å². The molecule has 1 aliphatic carbocycles. The second-order valence-corrected chi connectivity index (χ2v) is 9.98. The molecule has 2 aliphatic rings. The van der Waals surface area contributed by atoms with Crippen molar-refractivity contribution >= 4 is 11.8 Å². The number of nitrogens with one attached hydrogen (secondary N) is 1. The summed E-state index contributed by atoms with van der Waals surface area (Å²) in [6, 6.07) is 20.1. The molecule has 8 heteroatoms. The van der Waals surface area contributed by atoms with E-state index in [0.717, 1.165) is 37.7 Å². The minimum Gasteiger partial charge on any atom is -0.508 e. The maximum Gasteiger partial charge on any atom is 0.268 e. The van der Waals surface area contributed by atoms with Gasteiger partial charge in [-0.25, -0.2) is 0 Å². The number of methoxy groups -OCH3 is 1. The number of phenols is 1. The summed E-state index contributed by atoms with van der Waals surface area (Å²) in [4.78, 5) is 29.8. The molecule has 2 N–H and O–H groups in total. The predicted octanol–water partition coefficient (Wildman–Crippen LogP) is 4.76. The number of hydrogen-bond donors (Lipinski definition) is 2. The van der Waals surface area contributed by atoms with Crippen LogP contribution in [0.1, 0.15) is 49.3 Å². The van der Waals surface area contributed by atoms with E-state index in [4.69, 9.17) is 14.2 Å². The minimum absolute atomic E-state index is 0.0187. The van der Waals surface area contributed by atoms with E-state index in [2.05, 4.69) is 5.32 Å². The zero-order valence-electron chi connectivity index (χ0n) is 22.0. The van der Waals surface area contributed by atoms with Crippen LogP contribution in [0.4, 0.5) is 0 Å². The first-order valence-corrected chi connectivity index (χ1v) is 13.4. The zero-order chi connectivity index (χ0) is 27.2. The number of amides is 2. The largest absolute Gasteiger partial charge is 0.508 e. The highest BCUT2D eigenvalue weighted by molar-refractivity contribution is 5.91. The van der Waals surface area contributed by atoms with Gasteiger partial charge in [-0.2, -0.15) is 0 Å². The monoisotopic (exact) mass is 530 g/mol. The van der Waals surface area contributed by atoms with Crippen LogP contribution in [-0.4, -0.2) is 47.7 Å². The van der Waals surface area contributed by atoms with Crippen molar-refractivity contribution in [1.29, 1.82) is 0 Å². The van der Waals surface area contributed by atoms with Crippen LogP contribution in [0, 0.1) is 0 Å². The van der Waals surface area contributed by atoms with Crippen LogP contribution in [0.3, 0.4) is 0 Å². The van der Waals surface area contributed by atoms with E-state index in [1.54, 1.807) is 31.4 Å². The molecule has 3 aromatic rings. The predicted molar refractivity (Wildman–Crippen MR) is 146 cm³/mol. The highest BCUT2D eigenvalue weighted by Gasteiger charge is 2.39. The van der Waals surface area contributed by atoms with Crippen molar-refractivity contribution in [3.05, 3.63) is 83.9 Å². The molecule has 1 heterocycles. The highest BCUT2D eigenvalue weighted by atomic mass is 16.6. The van der Waals surface area contributed by atoms with Crippen molar-refractivity contribution in [3.8, 4) is 23.0 Å². The lowest BCUT2D eigenvalue weighted by atomic mass is 9.94. The van der Waals surface area contributed by atoms with E-state index >= 15 is 0 Å². The third kappa shape index (κ3) is 6.11. The van der Waals surface area contributed by atoms with Gasteiger partial charge in [0.2, 0.25) is 12.0 Å². The number of aromatic hydroxyl groups is 1. The normalized spacial score (nSPS) is 17.6. The first-order chi connectivity index (χ1) is 19.0. The molecule has 1 saturated carbocycles. The molecule has 3 aromatic carbocycles. The average Bonchev–Trinajstić information content (AvgIpc) is 2.98. The first kappa shape index (κ1) is 26.4. The van der Waals surface area contributed by atoms with Crippen LogP contribution in [-0.2, 0) is 16.1 Å². The van der Waals surface area contributed by atoms with Gasteiger partial charge in [-0.05, 0) is 48.7 Å². The summed E-state index contributed by atoms with van der Waals surface area (Å²) in [6.45, 7) is 0.124. The van der Waals surface area contributed by atoms with Gasteiger partial charge in [0.25, 0.3) is 5.91 Å². The lowest BCUT2D eigenvalue weighted by Gasteiger charge is -2.36. The first-order valence-electron chi connectivity index (χ1n) is 13.4. The lowest BCUT2D eigenvalue weighted by Crippen LogP contribution is -2.52. The SMILES string of the molecule is COc1ccccc1CN(C(=O)[C@@H]1COc2ccccc2O1)[C@H](C(=O)NC1CCCCC1)c1ccc(O)cc1. The van der Waals surface area contributed by atoms with Crippen LogP contribution in [0.15, 0.2) is 72.8 Å². The van der Waals surface area contributed by atoms with E-state index in [0.29, 0.717) is 22.8 Å². The fourth-order valence-electron chi connectivity index (χ4n) is 5.30. The summed E-state index contributed by atoms with van der Waals surface area (Å²) in [5, 5.41) is 13.2. The zero-order valence-corrected chi connectivity index (χ0v) is 22.0. The third-order valence-corrected chi connectivity index (χ3v) is 7.32. The Labute approximate surface area is 228 Å². The van der Waals surface area contributed by atoms with Crippen molar-refractivity contribution in [2.24, 2.45) is 0 Å². The standard InChI is InChI=1S/C31H34N2O6/c1-37-25-12-6-5-9-22(25)19-33(31(36)28-20-38-26-13-7-8-14-27(26)39-28)29(21-15-17-24(34)18-16-21)30(35)32-23-10-3-2-4-11-23/h5-9,12-18,23,28-29,34H,2-4,10-11,19-20H2,1H3,(H,32,35)/t28-,29-/m0/s1. The van der Waals surface area contributed by atoms with Crippen LogP contribution in [0.2, 0.25) is 0 Å². The summed E-state index contributed by atoms with van der Waals surface area (Å²) < 4.78 is 17.5. The van der Waals surface area contributed by atoms with E-state index < -0.39 is 12.1 Å². The molecule has 0 spiro atoms. The van der Waals surface area contributed by atoms with E-state index in [1.807, 2.05) is 36.4 Å². The molecule has 0 bridgehead atoms. The van der Waals surface area contributed by atoms with Crippen LogP contribution in [0.25, 0.3) is 0 Å². The minimum atomic E-state index is -0.967. The van der Waals surface area contributed by atoms with E-state index in [9.17, 15) is 14.7 Å². The van der Waals surface area contributed by atoms with Gasteiger partial charge in [0.1, 0.15) is 24.1 Å². The molecular weight excluding hydrogens is 496 g/mol. The average molecular weight is 531 g/mol. The Bertz CT molecular complexity index is 1290. The second kappa shape index (κ2) is 12.1. The summed E-state index contributed by atoms with van der Waals surface area (Å²) in [7, 11) is 1.58. The molecule has 0 aromatic heterocycles. The molecule has 39 heavy (non-hydrogen) atoms. The number of ether oxygens (including phenoxy) is 3. The Morgan fingerprint density at radius 3 is 2.41 bits per heavy atom. The van der Waals surface area contributed by atoms with Gasteiger partial charge in [-0.15, -0.1) is 0 Å². The van der Waals surface area contributed by atoms with E-state index in [-0.39, 0.29) is 36.8 Å². The summed E-state index contributed by atoms with van der Waals surface area (Å²) in [5.74, 6) is 1.09. The number of hydrogen-bond acceptors (Lipinski definition) is 6. The fraction of sp³-hybridized carbons (Fsp3) is 0.355. The third-order valence-electron chi connectivity index (χ3n) is 7.32. The van der Waals surface area contributed by atoms with Gasteiger partial charge in [-0.3, -0.25) is 9.59 Å². The Kier molecular flexibility index (Phi) is 8.20. The van der Waals surface area contributed by atoms with Crippen molar-refractivity contribution in [1.82, 2.24) is 10.2 Å². The molecule has 0 radical (unpaired) electrons. The number of phenolic OH excluding ortho intramolecular Hbond substituents is 1. The van der Waals surface area contributed by atoms with Gasteiger partial charge in [0.05, 0.1) is 13.7 Å². The van der Waals surface area contributed by atoms with Gasteiger partial charge in [0, 0.05) is 11.6 Å². The van der Waals surface area contributed by atoms with Gasteiger partial charge < -0.3 is 29.5 Å². The molecule has 204 valence electrons. The Morgan fingerprint density at radius 2 is 1.67 bits per heavy atom. The van der Waals surface area contributed by atoms with E-state index in [1.165, 1.54) is 17.0 Å². The Hall–Kier alpha value is -4.20. The Balaban J connectivity index is 1.52.